The van der Waals surface area contributed by atoms with Crippen LogP contribution in [0.15, 0.2) is 5.51 Å². The van der Waals surface area contributed by atoms with Crippen LogP contribution in [0.4, 0.5) is 0 Å². The second-order valence-electron chi connectivity index (χ2n) is 3.84. The molecular weight excluding hydrogens is 196 g/mol. The Labute approximate surface area is 88.5 Å². The van der Waals surface area contributed by atoms with E-state index < -0.39 is 0 Å². The highest BCUT2D eigenvalue weighted by Crippen LogP contribution is 2.28. The predicted molar refractivity (Wildman–Crippen MR) is 57.8 cm³/mol. The molecule has 1 fully saturated rings. The molecule has 0 aliphatic carbocycles. The minimum absolute atomic E-state index is 0.299. The summed E-state index contributed by atoms with van der Waals surface area (Å²) < 4.78 is 5.44. The van der Waals surface area contributed by atoms with Gasteiger partial charge in [-0.1, -0.05) is 13.8 Å². The lowest BCUT2D eigenvalue weighted by atomic mass is 10.1. The Hall–Kier alpha value is -0.450. The van der Waals surface area contributed by atoms with E-state index in [0.29, 0.717) is 12.0 Å². The van der Waals surface area contributed by atoms with Crippen LogP contribution < -0.4 is 5.32 Å². The van der Waals surface area contributed by atoms with E-state index in [-0.39, 0.29) is 0 Å². The van der Waals surface area contributed by atoms with Crippen molar-refractivity contribution < 1.29 is 4.74 Å². The third-order valence-electron chi connectivity index (χ3n) is 2.40. The third-order valence-corrected chi connectivity index (χ3v) is 3.55. The highest BCUT2D eigenvalue weighted by molar-refractivity contribution is 7.09. The van der Waals surface area contributed by atoms with Gasteiger partial charge in [-0.3, -0.25) is 0 Å². The maximum absolute atomic E-state index is 5.44. The molecule has 0 amide bonds. The first kappa shape index (κ1) is 10.1. The number of rotatable bonds is 2. The molecule has 2 rings (SSSR count). The lowest BCUT2D eigenvalue weighted by Gasteiger charge is -2.23. The van der Waals surface area contributed by atoms with E-state index >= 15 is 0 Å². The Morgan fingerprint density at radius 3 is 3.14 bits per heavy atom. The lowest BCUT2D eigenvalue weighted by molar-refractivity contribution is 0.0755. The second-order valence-corrected chi connectivity index (χ2v) is 4.72. The van der Waals surface area contributed by atoms with Gasteiger partial charge in [-0.05, 0) is 5.92 Å². The molecule has 3 nitrogen and oxygen atoms in total. The Kier molecular flexibility index (Phi) is 3.15. The van der Waals surface area contributed by atoms with E-state index in [0.717, 1.165) is 19.8 Å². The molecule has 14 heavy (non-hydrogen) atoms. The molecule has 1 aromatic rings. The SMILES string of the molecule is CC(C)c1scnc1C1COCCN1. The predicted octanol–water partition coefficient (Wildman–Crippen LogP) is 1.93. The Morgan fingerprint density at radius 2 is 2.50 bits per heavy atom. The summed E-state index contributed by atoms with van der Waals surface area (Å²) in [4.78, 5) is 5.82. The van der Waals surface area contributed by atoms with Crippen LogP contribution in [-0.4, -0.2) is 24.7 Å². The van der Waals surface area contributed by atoms with Gasteiger partial charge in [0.2, 0.25) is 0 Å². The summed E-state index contributed by atoms with van der Waals surface area (Å²) in [6, 6.07) is 0.299. The molecule has 2 heterocycles. The van der Waals surface area contributed by atoms with E-state index in [2.05, 4.69) is 24.1 Å². The second kappa shape index (κ2) is 4.38. The molecule has 1 aliphatic rings. The molecule has 1 unspecified atom stereocenters. The number of hydrogen-bond donors (Lipinski definition) is 1. The van der Waals surface area contributed by atoms with Crippen LogP contribution in [0.5, 0.6) is 0 Å². The van der Waals surface area contributed by atoms with E-state index in [4.69, 9.17) is 4.74 Å². The molecule has 1 saturated heterocycles. The Balaban J connectivity index is 2.17. The van der Waals surface area contributed by atoms with Gasteiger partial charge in [-0.15, -0.1) is 11.3 Å². The van der Waals surface area contributed by atoms with Gasteiger partial charge < -0.3 is 10.1 Å². The fourth-order valence-corrected chi connectivity index (χ4v) is 2.57. The maximum atomic E-state index is 5.44. The van der Waals surface area contributed by atoms with Crippen molar-refractivity contribution in [3.8, 4) is 0 Å². The van der Waals surface area contributed by atoms with Gasteiger partial charge in [-0.25, -0.2) is 4.98 Å². The van der Waals surface area contributed by atoms with Crippen molar-refractivity contribution in [2.24, 2.45) is 0 Å². The number of morpholine rings is 1. The zero-order valence-corrected chi connectivity index (χ0v) is 9.43. The van der Waals surface area contributed by atoms with Gasteiger partial charge in [0.15, 0.2) is 0 Å². The maximum Gasteiger partial charge on any atom is 0.0798 e. The van der Waals surface area contributed by atoms with Crippen molar-refractivity contribution in [3.63, 3.8) is 0 Å². The summed E-state index contributed by atoms with van der Waals surface area (Å²) in [5, 5.41) is 3.44. The van der Waals surface area contributed by atoms with Gasteiger partial charge in [0.1, 0.15) is 0 Å². The summed E-state index contributed by atoms with van der Waals surface area (Å²) in [5.74, 6) is 0.557. The molecule has 0 saturated carbocycles. The lowest BCUT2D eigenvalue weighted by Crippen LogP contribution is -2.35. The average molecular weight is 212 g/mol. The van der Waals surface area contributed by atoms with Crippen molar-refractivity contribution in [1.82, 2.24) is 10.3 Å². The molecule has 1 aliphatic heterocycles. The van der Waals surface area contributed by atoms with E-state index in [1.165, 1.54) is 10.6 Å². The summed E-state index contributed by atoms with van der Waals surface area (Å²) in [5.41, 5.74) is 3.12. The number of aromatic nitrogens is 1. The fourth-order valence-electron chi connectivity index (χ4n) is 1.70. The van der Waals surface area contributed by atoms with Crippen molar-refractivity contribution in [1.29, 1.82) is 0 Å². The standard InChI is InChI=1S/C10H16N2OS/c1-7(2)10-9(12-6-14-10)8-5-13-4-3-11-8/h6-8,11H,3-5H2,1-2H3. The van der Waals surface area contributed by atoms with Crippen molar-refractivity contribution >= 4 is 11.3 Å². The van der Waals surface area contributed by atoms with Crippen LogP contribution in [0.1, 0.15) is 36.4 Å². The van der Waals surface area contributed by atoms with Gasteiger partial charge in [0.05, 0.1) is 30.5 Å². The molecular formula is C10H16N2OS. The monoisotopic (exact) mass is 212 g/mol. The van der Waals surface area contributed by atoms with Crippen LogP contribution in [0.2, 0.25) is 0 Å². The summed E-state index contributed by atoms with van der Waals surface area (Å²) in [7, 11) is 0. The normalized spacial score (nSPS) is 22.9. The molecule has 1 atom stereocenters. The summed E-state index contributed by atoms with van der Waals surface area (Å²) in [6.45, 7) is 6.92. The Morgan fingerprint density at radius 1 is 1.64 bits per heavy atom. The topological polar surface area (TPSA) is 34.1 Å². The first-order valence-corrected chi connectivity index (χ1v) is 5.91. The molecule has 0 spiro atoms. The first-order chi connectivity index (χ1) is 6.79. The zero-order chi connectivity index (χ0) is 9.97. The minimum atomic E-state index is 0.299. The zero-order valence-electron chi connectivity index (χ0n) is 8.62. The molecule has 1 aromatic heterocycles. The average Bonchev–Trinajstić information content (AvgIpc) is 2.67. The number of ether oxygens (including phenoxy) is 1. The third kappa shape index (κ3) is 1.97. The fraction of sp³-hybridized carbons (Fsp3) is 0.700. The smallest absolute Gasteiger partial charge is 0.0798 e. The van der Waals surface area contributed by atoms with Crippen LogP contribution in [0.3, 0.4) is 0 Å². The quantitative estimate of drug-likeness (QED) is 0.813. The number of hydrogen-bond acceptors (Lipinski definition) is 4. The number of nitrogens with one attached hydrogen (secondary N) is 1. The van der Waals surface area contributed by atoms with Gasteiger partial charge in [-0.2, -0.15) is 0 Å². The van der Waals surface area contributed by atoms with Crippen LogP contribution in [0, 0.1) is 0 Å². The van der Waals surface area contributed by atoms with Crippen molar-refractivity contribution in [2.45, 2.75) is 25.8 Å². The molecule has 78 valence electrons. The summed E-state index contributed by atoms with van der Waals surface area (Å²) in [6.07, 6.45) is 0. The minimum Gasteiger partial charge on any atom is -0.378 e. The van der Waals surface area contributed by atoms with Crippen molar-refractivity contribution in [2.75, 3.05) is 19.8 Å². The van der Waals surface area contributed by atoms with Gasteiger partial charge in [0.25, 0.3) is 0 Å². The number of thiazole rings is 1. The van der Waals surface area contributed by atoms with Gasteiger partial charge in [0, 0.05) is 11.4 Å². The molecule has 4 heteroatoms. The van der Waals surface area contributed by atoms with E-state index in [1.54, 1.807) is 11.3 Å². The van der Waals surface area contributed by atoms with Crippen molar-refractivity contribution in [3.05, 3.63) is 16.1 Å². The molecule has 0 aromatic carbocycles. The van der Waals surface area contributed by atoms with Crippen LogP contribution in [0.25, 0.3) is 0 Å². The van der Waals surface area contributed by atoms with Crippen LogP contribution >= 0.6 is 11.3 Å². The first-order valence-electron chi connectivity index (χ1n) is 5.03. The molecule has 0 radical (unpaired) electrons. The highest BCUT2D eigenvalue weighted by Gasteiger charge is 2.21. The van der Waals surface area contributed by atoms with Gasteiger partial charge >= 0.3 is 0 Å². The van der Waals surface area contributed by atoms with E-state index in [1.807, 2.05) is 5.51 Å². The molecule has 1 N–H and O–H groups in total. The largest absolute Gasteiger partial charge is 0.378 e. The summed E-state index contributed by atoms with van der Waals surface area (Å²) >= 11 is 1.74. The molecule has 0 bridgehead atoms. The van der Waals surface area contributed by atoms with Crippen LogP contribution in [-0.2, 0) is 4.74 Å². The Bertz CT molecular complexity index is 292. The number of nitrogens with zero attached hydrogens (tertiary/aromatic N) is 1. The highest BCUT2D eigenvalue weighted by atomic mass is 32.1. The van der Waals surface area contributed by atoms with E-state index in [9.17, 15) is 0 Å².